The van der Waals surface area contributed by atoms with Crippen LogP contribution in [-0.4, -0.2) is 49.3 Å². The first kappa shape index (κ1) is 18.3. The number of nitrogens with one attached hydrogen (secondary N) is 4. The number of hydrogen-bond donors (Lipinski definition) is 5. The van der Waals surface area contributed by atoms with Crippen molar-refractivity contribution >= 4 is 5.91 Å². The van der Waals surface area contributed by atoms with Crippen LogP contribution in [0, 0.1) is 11.3 Å². The summed E-state index contributed by atoms with van der Waals surface area (Å²) in [6, 6.07) is 10.2. The average molecular weight is 346 g/mol. The molecule has 0 aliphatic carbocycles. The van der Waals surface area contributed by atoms with Crippen molar-refractivity contribution in [2.24, 2.45) is 11.3 Å². The van der Waals surface area contributed by atoms with Gasteiger partial charge in [0, 0.05) is 37.6 Å². The summed E-state index contributed by atoms with van der Waals surface area (Å²) in [5.41, 5.74) is 7.24. The summed E-state index contributed by atoms with van der Waals surface area (Å²) in [5.74, 6) is 0.352. The van der Waals surface area contributed by atoms with Crippen molar-refractivity contribution in [2.45, 2.75) is 38.3 Å². The zero-order valence-corrected chi connectivity index (χ0v) is 15.1. The molecule has 2 aliphatic rings. The third-order valence-electron chi connectivity index (χ3n) is 5.70. The molecule has 1 amide bonds. The van der Waals surface area contributed by atoms with E-state index in [9.17, 15) is 9.90 Å². The molecule has 25 heavy (non-hydrogen) atoms. The molecule has 1 aromatic rings. The van der Waals surface area contributed by atoms with Crippen molar-refractivity contribution < 1.29 is 9.90 Å². The highest BCUT2D eigenvalue weighted by atomic mass is 16.3. The van der Waals surface area contributed by atoms with E-state index in [0.717, 1.165) is 25.1 Å². The van der Waals surface area contributed by atoms with Gasteiger partial charge in [-0.05, 0) is 23.9 Å². The molecule has 2 saturated heterocycles. The van der Waals surface area contributed by atoms with Crippen LogP contribution in [-0.2, 0) is 4.79 Å². The molecule has 0 radical (unpaired) electrons. The van der Waals surface area contributed by atoms with Crippen molar-refractivity contribution in [1.82, 2.24) is 21.5 Å². The van der Waals surface area contributed by atoms with Crippen molar-refractivity contribution in [2.75, 3.05) is 26.2 Å². The molecule has 138 valence electrons. The Morgan fingerprint density at radius 1 is 1.32 bits per heavy atom. The van der Waals surface area contributed by atoms with Gasteiger partial charge in [-0.2, -0.15) is 0 Å². The molecule has 5 N–H and O–H groups in total. The van der Waals surface area contributed by atoms with Gasteiger partial charge in [-0.1, -0.05) is 44.2 Å². The number of aliphatic hydroxyl groups is 1. The van der Waals surface area contributed by atoms with Crippen LogP contribution in [0.25, 0.3) is 0 Å². The van der Waals surface area contributed by atoms with Crippen LogP contribution >= 0.6 is 0 Å². The second kappa shape index (κ2) is 7.83. The van der Waals surface area contributed by atoms with Gasteiger partial charge < -0.3 is 15.7 Å². The van der Waals surface area contributed by atoms with Crippen molar-refractivity contribution in [3.63, 3.8) is 0 Å². The first-order valence-electron chi connectivity index (χ1n) is 9.18. The van der Waals surface area contributed by atoms with E-state index in [-0.39, 0.29) is 35.8 Å². The number of carbonyl (C=O) groups excluding carboxylic acids is 1. The monoisotopic (exact) mass is 346 g/mol. The topological polar surface area (TPSA) is 85.4 Å². The molecule has 4 unspecified atom stereocenters. The Balaban J connectivity index is 1.66. The van der Waals surface area contributed by atoms with Crippen molar-refractivity contribution in [3.05, 3.63) is 35.9 Å². The third kappa shape index (κ3) is 4.03. The summed E-state index contributed by atoms with van der Waals surface area (Å²) in [4.78, 5) is 12.7. The Hall–Kier alpha value is -1.47. The average Bonchev–Trinajstić information content (AvgIpc) is 3.06. The summed E-state index contributed by atoms with van der Waals surface area (Å²) in [6.07, 6.45) is 1.03. The van der Waals surface area contributed by atoms with E-state index >= 15 is 0 Å². The van der Waals surface area contributed by atoms with E-state index in [2.05, 4.69) is 33.6 Å². The van der Waals surface area contributed by atoms with Crippen LogP contribution in [0.1, 0.15) is 31.7 Å². The van der Waals surface area contributed by atoms with E-state index < -0.39 is 0 Å². The normalized spacial score (nSPS) is 27.6. The molecule has 0 saturated carbocycles. The van der Waals surface area contributed by atoms with Crippen LogP contribution in [0.2, 0.25) is 0 Å². The maximum absolute atomic E-state index is 12.7. The fraction of sp³-hybridized carbons (Fsp3) is 0.632. The second-order valence-electron chi connectivity index (χ2n) is 7.88. The maximum Gasteiger partial charge on any atom is 0.238 e. The van der Waals surface area contributed by atoms with Gasteiger partial charge in [0.15, 0.2) is 0 Å². The standard InChI is InChI=1S/C19H30N4O2/c1-19(2,12-24)15(13-6-4-3-5-7-13)11-21-18(25)17-14-10-20-9-8-16(14)22-23-17/h3-7,14-17,20,22-24H,8-12H2,1-2H3,(H,21,25). The summed E-state index contributed by atoms with van der Waals surface area (Å²) in [7, 11) is 0. The number of benzene rings is 1. The van der Waals surface area contributed by atoms with Crippen LogP contribution in [0.4, 0.5) is 0 Å². The number of aliphatic hydroxyl groups excluding tert-OH is 1. The maximum atomic E-state index is 12.7. The van der Waals surface area contributed by atoms with Crippen LogP contribution in [0.15, 0.2) is 30.3 Å². The number of carbonyl (C=O) groups is 1. The summed E-state index contributed by atoms with van der Waals surface area (Å²) in [6.45, 7) is 6.50. The third-order valence-corrected chi connectivity index (χ3v) is 5.70. The molecule has 6 heteroatoms. The van der Waals surface area contributed by atoms with Gasteiger partial charge in [0.25, 0.3) is 0 Å². The number of amides is 1. The lowest BCUT2D eigenvalue weighted by atomic mass is 9.75. The zero-order valence-electron chi connectivity index (χ0n) is 15.1. The van der Waals surface area contributed by atoms with E-state index in [4.69, 9.17) is 0 Å². The predicted octanol–water partition coefficient (Wildman–Crippen LogP) is 0.359. The van der Waals surface area contributed by atoms with E-state index in [1.54, 1.807) is 0 Å². The minimum absolute atomic E-state index is 0.0263. The minimum Gasteiger partial charge on any atom is -0.396 e. The van der Waals surface area contributed by atoms with Gasteiger partial charge in [-0.15, -0.1) is 0 Å². The van der Waals surface area contributed by atoms with Gasteiger partial charge in [-0.25, -0.2) is 5.43 Å². The molecule has 6 nitrogen and oxygen atoms in total. The highest BCUT2D eigenvalue weighted by Crippen LogP contribution is 2.34. The van der Waals surface area contributed by atoms with Gasteiger partial charge in [-0.3, -0.25) is 10.2 Å². The fourth-order valence-corrected chi connectivity index (χ4v) is 3.93. The zero-order chi connectivity index (χ0) is 17.9. The SMILES string of the molecule is CC(C)(CO)C(CNC(=O)C1NNC2CCNCC21)c1ccccc1. The number of hydrazine groups is 1. The summed E-state index contributed by atoms with van der Waals surface area (Å²) >= 11 is 0. The molecule has 0 aromatic heterocycles. The Morgan fingerprint density at radius 3 is 2.80 bits per heavy atom. The van der Waals surface area contributed by atoms with Crippen LogP contribution < -0.4 is 21.5 Å². The quantitative estimate of drug-likeness (QED) is 0.514. The smallest absolute Gasteiger partial charge is 0.238 e. The first-order valence-corrected chi connectivity index (χ1v) is 9.18. The summed E-state index contributed by atoms with van der Waals surface area (Å²) in [5, 5.41) is 16.3. The Morgan fingerprint density at radius 2 is 2.08 bits per heavy atom. The highest BCUT2D eigenvalue weighted by molar-refractivity contribution is 5.82. The van der Waals surface area contributed by atoms with Crippen molar-refractivity contribution in [1.29, 1.82) is 0 Å². The molecule has 4 atom stereocenters. The molecule has 0 spiro atoms. The van der Waals surface area contributed by atoms with Gasteiger partial charge >= 0.3 is 0 Å². The second-order valence-corrected chi connectivity index (χ2v) is 7.88. The number of fused-ring (bicyclic) bond motifs is 1. The van der Waals surface area contributed by atoms with Gasteiger partial charge in [0.1, 0.15) is 6.04 Å². The predicted molar refractivity (Wildman–Crippen MR) is 97.9 cm³/mol. The molecule has 0 bridgehead atoms. The molecule has 2 fully saturated rings. The van der Waals surface area contributed by atoms with Gasteiger partial charge in [0.05, 0.1) is 0 Å². The van der Waals surface area contributed by atoms with Crippen molar-refractivity contribution in [3.8, 4) is 0 Å². The molecule has 3 rings (SSSR count). The Labute approximate surface area is 149 Å². The molecule has 2 heterocycles. The summed E-state index contributed by atoms with van der Waals surface area (Å²) < 4.78 is 0. The number of piperidine rings is 1. The number of rotatable bonds is 6. The lowest BCUT2D eigenvalue weighted by Crippen LogP contribution is -2.50. The molecule has 1 aromatic carbocycles. The number of hydrogen-bond acceptors (Lipinski definition) is 5. The Bertz CT molecular complexity index is 578. The van der Waals surface area contributed by atoms with Crippen LogP contribution in [0.3, 0.4) is 0 Å². The largest absolute Gasteiger partial charge is 0.396 e. The Kier molecular flexibility index (Phi) is 5.74. The molecular weight excluding hydrogens is 316 g/mol. The van der Waals surface area contributed by atoms with Crippen LogP contribution in [0.5, 0.6) is 0 Å². The lowest BCUT2D eigenvalue weighted by molar-refractivity contribution is -0.124. The van der Waals surface area contributed by atoms with E-state index in [1.165, 1.54) is 0 Å². The van der Waals surface area contributed by atoms with E-state index in [0.29, 0.717) is 12.6 Å². The van der Waals surface area contributed by atoms with E-state index in [1.807, 2.05) is 32.0 Å². The highest BCUT2D eigenvalue weighted by Gasteiger charge is 2.41. The minimum atomic E-state index is -0.315. The fourth-order valence-electron chi connectivity index (χ4n) is 3.93. The molecule has 2 aliphatic heterocycles. The first-order chi connectivity index (χ1) is 12.0. The molecular formula is C19H30N4O2. The lowest BCUT2D eigenvalue weighted by Gasteiger charge is -2.34. The van der Waals surface area contributed by atoms with Gasteiger partial charge in [0.2, 0.25) is 5.91 Å².